The van der Waals surface area contributed by atoms with Gasteiger partial charge < -0.3 is 10.6 Å². The van der Waals surface area contributed by atoms with Gasteiger partial charge >= 0.3 is 0 Å². The van der Waals surface area contributed by atoms with Crippen LogP contribution >= 0.6 is 12.4 Å². The molecule has 2 N–H and O–H groups in total. The minimum Gasteiger partial charge on any atom is -0.326 e. The van der Waals surface area contributed by atoms with E-state index in [2.05, 4.69) is 10.6 Å². The molecule has 1 saturated heterocycles. The van der Waals surface area contributed by atoms with E-state index < -0.39 is 0 Å². The number of anilines is 1. The van der Waals surface area contributed by atoms with Crippen molar-refractivity contribution in [2.24, 2.45) is 5.92 Å². The summed E-state index contributed by atoms with van der Waals surface area (Å²) in [5, 5.41) is 6.29. The predicted molar refractivity (Wildman–Crippen MR) is 94.4 cm³/mol. The van der Waals surface area contributed by atoms with Gasteiger partial charge in [0.15, 0.2) is 5.78 Å². The summed E-state index contributed by atoms with van der Waals surface area (Å²) in [6.45, 7) is 2.14. The molecule has 0 atom stereocenters. The van der Waals surface area contributed by atoms with Crippen molar-refractivity contribution < 1.29 is 9.59 Å². The van der Waals surface area contributed by atoms with Crippen LogP contribution in [-0.2, 0) is 11.2 Å². The minimum atomic E-state index is 0. The zero-order valence-electron chi connectivity index (χ0n) is 13.4. The van der Waals surface area contributed by atoms with Gasteiger partial charge in [-0.3, -0.25) is 9.59 Å². The van der Waals surface area contributed by atoms with E-state index in [9.17, 15) is 9.59 Å². The second kappa shape index (κ2) is 8.46. The van der Waals surface area contributed by atoms with Gasteiger partial charge in [0.25, 0.3) is 0 Å². The van der Waals surface area contributed by atoms with Crippen LogP contribution in [-0.4, -0.2) is 24.8 Å². The van der Waals surface area contributed by atoms with Crippen molar-refractivity contribution in [3.05, 3.63) is 29.3 Å². The van der Waals surface area contributed by atoms with Gasteiger partial charge in [0.1, 0.15) is 0 Å². The molecular formula is C18H25ClN2O2. The number of fused-ring (bicyclic) bond motifs is 1. The molecule has 1 heterocycles. The molecule has 0 saturated carbocycles. The Bertz CT molecular complexity index is 568. The number of amides is 1. The molecule has 4 nitrogen and oxygen atoms in total. The lowest BCUT2D eigenvalue weighted by Crippen LogP contribution is -2.28. The Morgan fingerprint density at radius 3 is 2.78 bits per heavy atom. The smallest absolute Gasteiger partial charge is 0.224 e. The fourth-order valence-corrected chi connectivity index (χ4v) is 3.43. The third-order valence-corrected chi connectivity index (χ3v) is 4.78. The van der Waals surface area contributed by atoms with Crippen molar-refractivity contribution in [1.29, 1.82) is 0 Å². The summed E-state index contributed by atoms with van der Waals surface area (Å²) in [5.41, 5.74) is 2.66. The lowest BCUT2D eigenvalue weighted by molar-refractivity contribution is -0.116. The number of carbonyl (C=O) groups excluding carboxylic acids is 2. The molecule has 0 radical (unpaired) electrons. The van der Waals surface area contributed by atoms with E-state index in [4.69, 9.17) is 0 Å². The van der Waals surface area contributed by atoms with Crippen LogP contribution in [0.1, 0.15) is 54.4 Å². The first kappa shape index (κ1) is 18.0. The van der Waals surface area contributed by atoms with Gasteiger partial charge in [-0.1, -0.05) is 6.07 Å². The molecule has 1 aromatic rings. The Balaban J connectivity index is 0.00000192. The normalized spacial score (nSPS) is 18.0. The maximum atomic E-state index is 12.1. The highest BCUT2D eigenvalue weighted by Gasteiger charge is 2.18. The first-order chi connectivity index (χ1) is 10.7. The highest BCUT2D eigenvalue weighted by Crippen LogP contribution is 2.25. The van der Waals surface area contributed by atoms with Gasteiger partial charge in [-0.05, 0) is 68.8 Å². The van der Waals surface area contributed by atoms with E-state index in [-0.39, 0.29) is 24.1 Å². The third-order valence-electron chi connectivity index (χ3n) is 4.78. The molecule has 126 valence electrons. The van der Waals surface area contributed by atoms with Gasteiger partial charge in [0.2, 0.25) is 5.91 Å². The molecule has 3 rings (SSSR count). The highest BCUT2D eigenvalue weighted by molar-refractivity contribution is 6.00. The Kier molecular flexibility index (Phi) is 6.60. The first-order valence-electron chi connectivity index (χ1n) is 8.39. The standard InChI is InChI=1S/C18H24N2O2.ClH/c21-17-3-1-2-14-5-6-15(12-16(14)17)20-18(22)7-4-13-8-10-19-11-9-13;/h5-6,12-13,19H,1-4,7-11H2,(H,20,22);1H. The zero-order valence-corrected chi connectivity index (χ0v) is 14.2. The maximum absolute atomic E-state index is 12.1. The Labute approximate surface area is 143 Å². The Hall–Kier alpha value is -1.39. The van der Waals surface area contributed by atoms with Crippen molar-refractivity contribution in [3.63, 3.8) is 0 Å². The van der Waals surface area contributed by atoms with E-state index in [1.165, 1.54) is 12.8 Å². The molecule has 1 aliphatic heterocycles. The van der Waals surface area contributed by atoms with Crippen LogP contribution < -0.4 is 10.6 Å². The molecule has 0 unspecified atom stereocenters. The minimum absolute atomic E-state index is 0. The fourth-order valence-electron chi connectivity index (χ4n) is 3.43. The number of hydrogen-bond donors (Lipinski definition) is 2. The van der Waals surface area contributed by atoms with Crippen molar-refractivity contribution >= 4 is 29.8 Å². The van der Waals surface area contributed by atoms with Crippen LogP contribution in [0.4, 0.5) is 5.69 Å². The molecule has 0 aromatic heterocycles. The molecule has 1 aromatic carbocycles. The lowest BCUT2D eigenvalue weighted by atomic mass is 9.90. The SMILES string of the molecule is Cl.O=C(CCC1CCNCC1)Nc1ccc2c(c1)C(=O)CCC2. The Morgan fingerprint density at radius 1 is 1.22 bits per heavy atom. The van der Waals surface area contributed by atoms with E-state index in [1.54, 1.807) is 0 Å². The van der Waals surface area contributed by atoms with Crippen LogP contribution in [0.2, 0.25) is 0 Å². The number of rotatable bonds is 4. The van der Waals surface area contributed by atoms with Crippen LogP contribution in [0, 0.1) is 5.92 Å². The van der Waals surface area contributed by atoms with Gasteiger partial charge in [-0.2, -0.15) is 0 Å². The van der Waals surface area contributed by atoms with E-state index in [0.29, 0.717) is 18.8 Å². The quantitative estimate of drug-likeness (QED) is 0.886. The molecular weight excluding hydrogens is 312 g/mol. The molecule has 1 aliphatic carbocycles. The monoisotopic (exact) mass is 336 g/mol. The topological polar surface area (TPSA) is 58.2 Å². The van der Waals surface area contributed by atoms with Gasteiger partial charge in [0, 0.05) is 24.1 Å². The number of carbonyl (C=O) groups is 2. The summed E-state index contributed by atoms with van der Waals surface area (Å²) in [6, 6.07) is 5.74. The summed E-state index contributed by atoms with van der Waals surface area (Å²) < 4.78 is 0. The number of halogens is 1. The molecule has 23 heavy (non-hydrogen) atoms. The molecule has 0 spiro atoms. The lowest BCUT2D eigenvalue weighted by Gasteiger charge is -2.22. The summed E-state index contributed by atoms with van der Waals surface area (Å²) in [7, 11) is 0. The largest absolute Gasteiger partial charge is 0.326 e. The molecule has 5 heteroatoms. The molecule has 0 bridgehead atoms. The van der Waals surface area contributed by atoms with Crippen LogP contribution in [0.25, 0.3) is 0 Å². The van der Waals surface area contributed by atoms with Crippen molar-refractivity contribution in [2.75, 3.05) is 18.4 Å². The number of ketones is 1. The summed E-state index contributed by atoms with van der Waals surface area (Å²) in [5.74, 6) is 0.922. The summed E-state index contributed by atoms with van der Waals surface area (Å²) >= 11 is 0. The van der Waals surface area contributed by atoms with Crippen LogP contribution in [0.5, 0.6) is 0 Å². The second-order valence-electron chi connectivity index (χ2n) is 6.43. The predicted octanol–water partition coefficient (Wildman–Crippen LogP) is 3.35. The van der Waals surface area contributed by atoms with E-state index >= 15 is 0 Å². The molecule has 1 fully saturated rings. The number of aryl methyl sites for hydroxylation is 1. The van der Waals surface area contributed by atoms with Crippen molar-refractivity contribution in [2.45, 2.75) is 44.9 Å². The number of benzene rings is 1. The number of Topliss-reactive ketones (excluding diaryl/α,β-unsaturated/α-hetero) is 1. The van der Waals surface area contributed by atoms with Crippen LogP contribution in [0.3, 0.4) is 0 Å². The third kappa shape index (κ3) is 4.79. The number of piperidine rings is 1. The van der Waals surface area contributed by atoms with Crippen molar-refractivity contribution in [1.82, 2.24) is 5.32 Å². The van der Waals surface area contributed by atoms with E-state index in [0.717, 1.165) is 49.2 Å². The Morgan fingerprint density at radius 2 is 2.00 bits per heavy atom. The highest BCUT2D eigenvalue weighted by atomic mass is 35.5. The average Bonchev–Trinajstić information content (AvgIpc) is 2.55. The maximum Gasteiger partial charge on any atom is 0.224 e. The zero-order chi connectivity index (χ0) is 15.4. The molecule has 2 aliphatic rings. The van der Waals surface area contributed by atoms with Gasteiger partial charge in [-0.15, -0.1) is 12.4 Å². The fraction of sp³-hybridized carbons (Fsp3) is 0.556. The number of nitrogens with one attached hydrogen (secondary N) is 2. The average molecular weight is 337 g/mol. The summed E-state index contributed by atoms with van der Waals surface area (Å²) in [6.07, 6.45) is 6.38. The van der Waals surface area contributed by atoms with Gasteiger partial charge in [-0.25, -0.2) is 0 Å². The molecule has 1 amide bonds. The second-order valence-corrected chi connectivity index (χ2v) is 6.43. The van der Waals surface area contributed by atoms with Crippen molar-refractivity contribution in [3.8, 4) is 0 Å². The van der Waals surface area contributed by atoms with E-state index in [1.807, 2.05) is 18.2 Å². The van der Waals surface area contributed by atoms with Gasteiger partial charge in [0.05, 0.1) is 0 Å². The van der Waals surface area contributed by atoms with Crippen LogP contribution in [0.15, 0.2) is 18.2 Å². The number of hydrogen-bond acceptors (Lipinski definition) is 3. The first-order valence-corrected chi connectivity index (χ1v) is 8.39. The summed E-state index contributed by atoms with van der Waals surface area (Å²) in [4.78, 5) is 24.0.